The molecule has 0 radical (unpaired) electrons. The number of fused-ring (bicyclic) bond motifs is 1. The van der Waals surface area contributed by atoms with Crippen LogP contribution < -0.4 is 10.2 Å². The van der Waals surface area contributed by atoms with Crippen LogP contribution in [-0.2, 0) is 0 Å². The van der Waals surface area contributed by atoms with Crippen molar-refractivity contribution < 1.29 is 4.92 Å². The third-order valence-electron chi connectivity index (χ3n) is 3.86. The van der Waals surface area contributed by atoms with Gasteiger partial charge >= 0.3 is 5.69 Å². The van der Waals surface area contributed by atoms with Gasteiger partial charge in [0.2, 0.25) is 5.82 Å². The number of nitro groups is 1. The molecule has 2 fully saturated rings. The summed E-state index contributed by atoms with van der Waals surface area (Å²) in [5, 5.41) is 23.2. The number of nitrogens with one attached hydrogen (secondary N) is 1. The predicted molar refractivity (Wildman–Crippen MR) is 67.7 cm³/mol. The molecule has 98 valence electrons. The van der Waals surface area contributed by atoms with Gasteiger partial charge in [-0.15, -0.1) is 0 Å². The first-order chi connectivity index (χ1) is 9.19. The maximum Gasteiger partial charge on any atom is 0.312 e. The van der Waals surface area contributed by atoms with Crippen molar-refractivity contribution in [3.05, 3.63) is 27.9 Å². The van der Waals surface area contributed by atoms with E-state index < -0.39 is 4.92 Å². The average Bonchev–Trinajstić information content (AvgIpc) is 2.98. The topological polar surface area (TPSA) is 95.1 Å². The number of nitriles is 1. The van der Waals surface area contributed by atoms with Crippen molar-refractivity contribution in [3.8, 4) is 6.07 Å². The van der Waals surface area contributed by atoms with E-state index >= 15 is 0 Å². The molecule has 0 aromatic carbocycles. The quantitative estimate of drug-likeness (QED) is 0.614. The van der Waals surface area contributed by atoms with Gasteiger partial charge in [0, 0.05) is 38.4 Å². The molecule has 1 aromatic rings. The van der Waals surface area contributed by atoms with Gasteiger partial charge in [0.05, 0.1) is 10.5 Å². The molecule has 19 heavy (non-hydrogen) atoms. The fourth-order valence-corrected chi connectivity index (χ4v) is 2.91. The van der Waals surface area contributed by atoms with E-state index in [4.69, 9.17) is 5.26 Å². The zero-order valence-corrected chi connectivity index (χ0v) is 10.2. The summed E-state index contributed by atoms with van der Waals surface area (Å²) in [7, 11) is 0. The molecule has 3 rings (SSSR count). The second kappa shape index (κ2) is 4.48. The molecule has 0 bridgehead atoms. The number of rotatable bonds is 2. The lowest BCUT2D eigenvalue weighted by molar-refractivity contribution is -0.384. The maximum absolute atomic E-state index is 11.1. The standard InChI is InChI=1S/C12H13N5O2/c13-2-8-1-11(17(18)19)12(15-3-8)16-6-9-4-14-5-10(9)7-16/h1,3,9-10,14H,4-7H2. The molecule has 1 N–H and O–H groups in total. The minimum absolute atomic E-state index is 0.0769. The highest BCUT2D eigenvalue weighted by molar-refractivity contribution is 5.60. The Kier molecular flexibility index (Phi) is 2.80. The zero-order chi connectivity index (χ0) is 13.4. The molecule has 3 heterocycles. The van der Waals surface area contributed by atoms with Gasteiger partial charge in [0.25, 0.3) is 0 Å². The summed E-state index contributed by atoms with van der Waals surface area (Å²) in [6.45, 7) is 3.51. The summed E-state index contributed by atoms with van der Waals surface area (Å²) in [6.07, 6.45) is 1.40. The number of hydrogen-bond donors (Lipinski definition) is 1. The highest BCUT2D eigenvalue weighted by Crippen LogP contribution is 2.34. The Hall–Kier alpha value is -2.20. The van der Waals surface area contributed by atoms with Gasteiger partial charge < -0.3 is 10.2 Å². The lowest BCUT2D eigenvalue weighted by Gasteiger charge is -2.18. The number of pyridine rings is 1. The van der Waals surface area contributed by atoms with Gasteiger partial charge in [0.1, 0.15) is 6.07 Å². The molecule has 0 aliphatic carbocycles. The van der Waals surface area contributed by atoms with E-state index in [9.17, 15) is 10.1 Å². The molecule has 0 spiro atoms. The van der Waals surface area contributed by atoms with Gasteiger partial charge in [-0.25, -0.2) is 4.98 Å². The van der Waals surface area contributed by atoms with E-state index in [1.54, 1.807) is 0 Å². The van der Waals surface area contributed by atoms with E-state index in [2.05, 4.69) is 10.3 Å². The van der Waals surface area contributed by atoms with Crippen molar-refractivity contribution in [1.29, 1.82) is 5.26 Å². The summed E-state index contributed by atoms with van der Waals surface area (Å²) in [4.78, 5) is 16.7. The van der Waals surface area contributed by atoms with E-state index in [1.165, 1.54) is 12.3 Å². The van der Waals surface area contributed by atoms with E-state index in [-0.39, 0.29) is 11.3 Å². The van der Waals surface area contributed by atoms with Gasteiger partial charge in [0.15, 0.2) is 0 Å². The van der Waals surface area contributed by atoms with Crippen molar-refractivity contribution in [2.45, 2.75) is 0 Å². The van der Waals surface area contributed by atoms with Crippen LogP contribution >= 0.6 is 0 Å². The van der Waals surface area contributed by atoms with Gasteiger partial charge in [-0.2, -0.15) is 5.26 Å². The summed E-state index contributed by atoms with van der Waals surface area (Å²) in [6, 6.07) is 3.18. The van der Waals surface area contributed by atoms with Crippen LogP contribution in [0.15, 0.2) is 12.3 Å². The number of nitrogens with zero attached hydrogens (tertiary/aromatic N) is 4. The zero-order valence-electron chi connectivity index (χ0n) is 10.2. The molecule has 2 aliphatic heterocycles. The minimum Gasteiger partial charge on any atom is -0.350 e. The summed E-state index contributed by atoms with van der Waals surface area (Å²) >= 11 is 0. The lowest BCUT2D eigenvalue weighted by atomic mass is 10.0. The second-order valence-electron chi connectivity index (χ2n) is 5.02. The fourth-order valence-electron chi connectivity index (χ4n) is 2.91. The van der Waals surface area contributed by atoms with Crippen LogP contribution in [0.2, 0.25) is 0 Å². The first-order valence-electron chi connectivity index (χ1n) is 6.19. The Balaban J connectivity index is 1.93. The number of aromatic nitrogens is 1. The van der Waals surface area contributed by atoms with Crippen LogP contribution in [0, 0.1) is 33.3 Å². The molecule has 2 atom stereocenters. The Morgan fingerprint density at radius 1 is 1.47 bits per heavy atom. The third-order valence-corrected chi connectivity index (χ3v) is 3.86. The molecule has 2 saturated heterocycles. The van der Waals surface area contributed by atoms with Crippen molar-refractivity contribution in [3.63, 3.8) is 0 Å². The van der Waals surface area contributed by atoms with Gasteiger partial charge in [-0.3, -0.25) is 10.1 Å². The van der Waals surface area contributed by atoms with Crippen molar-refractivity contribution in [2.75, 3.05) is 31.1 Å². The van der Waals surface area contributed by atoms with Crippen LogP contribution in [0.4, 0.5) is 11.5 Å². The molecule has 7 heteroatoms. The van der Waals surface area contributed by atoms with Crippen LogP contribution in [0.1, 0.15) is 5.56 Å². The molecule has 2 aliphatic rings. The molecular weight excluding hydrogens is 246 g/mol. The Morgan fingerprint density at radius 3 is 2.74 bits per heavy atom. The molecule has 0 saturated carbocycles. The van der Waals surface area contributed by atoms with E-state index in [1.807, 2.05) is 11.0 Å². The van der Waals surface area contributed by atoms with Crippen LogP contribution in [0.25, 0.3) is 0 Å². The molecule has 2 unspecified atom stereocenters. The SMILES string of the molecule is N#Cc1cnc(N2CC3CNCC3C2)c([N+](=O)[O-])c1. The normalized spacial score (nSPS) is 25.1. The summed E-state index contributed by atoms with van der Waals surface area (Å²) in [5.41, 5.74) is 0.142. The first-order valence-corrected chi connectivity index (χ1v) is 6.19. The smallest absolute Gasteiger partial charge is 0.312 e. The van der Waals surface area contributed by atoms with Crippen LogP contribution in [0.5, 0.6) is 0 Å². The van der Waals surface area contributed by atoms with Crippen molar-refractivity contribution in [2.24, 2.45) is 11.8 Å². The largest absolute Gasteiger partial charge is 0.350 e. The first kappa shape index (κ1) is 11.9. The van der Waals surface area contributed by atoms with Crippen molar-refractivity contribution in [1.82, 2.24) is 10.3 Å². The Morgan fingerprint density at radius 2 is 2.16 bits per heavy atom. The van der Waals surface area contributed by atoms with Crippen LogP contribution in [0.3, 0.4) is 0 Å². The van der Waals surface area contributed by atoms with Crippen molar-refractivity contribution >= 4 is 11.5 Å². The molecular formula is C12H13N5O2. The molecule has 0 amide bonds. The molecule has 7 nitrogen and oxygen atoms in total. The van der Waals surface area contributed by atoms with E-state index in [0.29, 0.717) is 17.7 Å². The molecule has 1 aromatic heterocycles. The van der Waals surface area contributed by atoms with Gasteiger partial charge in [-0.05, 0) is 11.8 Å². The van der Waals surface area contributed by atoms with Gasteiger partial charge in [-0.1, -0.05) is 0 Å². The average molecular weight is 259 g/mol. The Labute approximate surface area is 110 Å². The van der Waals surface area contributed by atoms with E-state index in [0.717, 1.165) is 26.2 Å². The second-order valence-corrected chi connectivity index (χ2v) is 5.02. The third kappa shape index (κ3) is 2.00. The lowest BCUT2D eigenvalue weighted by Crippen LogP contribution is -2.26. The maximum atomic E-state index is 11.1. The number of hydrogen-bond acceptors (Lipinski definition) is 6. The summed E-state index contributed by atoms with van der Waals surface area (Å²) < 4.78 is 0. The minimum atomic E-state index is -0.463. The monoisotopic (exact) mass is 259 g/mol. The predicted octanol–water partition coefficient (Wildman–Crippen LogP) is 0.517. The van der Waals surface area contributed by atoms with Crippen LogP contribution in [-0.4, -0.2) is 36.1 Å². The highest BCUT2D eigenvalue weighted by Gasteiger charge is 2.38. The fraction of sp³-hybridized carbons (Fsp3) is 0.500. The summed E-state index contributed by atoms with van der Waals surface area (Å²) in [5.74, 6) is 1.47. The highest BCUT2D eigenvalue weighted by atomic mass is 16.6. The number of anilines is 1. The Bertz CT molecular complexity index is 556.